The third kappa shape index (κ3) is 7.56. The molecule has 0 heterocycles. The Morgan fingerprint density at radius 1 is 1.70 bits per heavy atom. The SMILES string of the molecule is CC(C)CSC=CC(=O)O. The molecule has 10 heavy (non-hydrogen) atoms. The van der Waals surface area contributed by atoms with E-state index < -0.39 is 5.97 Å². The van der Waals surface area contributed by atoms with Gasteiger partial charge in [0.05, 0.1) is 0 Å². The summed E-state index contributed by atoms with van der Waals surface area (Å²) in [6, 6.07) is 0. The van der Waals surface area contributed by atoms with Crippen LogP contribution in [0.15, 0.2) is 11.5 Å². The second-order valence-corrected chi connectivity index (χ2v) is 3.31. The van der Waals surface area contributed by atoms with Crippen molar-refractivity contribution in [2.24, 2.45) is 5.92 Å². The second-order valence-electron chi connectivity index (χ2n) is 2.37. The summed E-state index contributed by atoms with van der Waals surface area (Å²) in [5, 5.41) is 9.79. The fraction of sp³-hybridized carbons (Fsp3) is 0.571. The van der Waals surface area contributed by atoms with Gasteiger partial charge in [-0.1, -0.05) is 13.8 Å². The van der Waals surface area contributed by atoms with Crippen LogP contribution in [0.25, 0.3) is 0 Å². The Kier molecular flexibility index (Phi) is 5.12. The maximum Gasteiger partial charge on any atom is 0.328 e. The molecule has 0 saturated heterocycles. The zero-order chi connectivity index (χ0) is 7.98. The van der Waals surface area contributed by atoms with Crippen LogP contribution >= 0.6 is 11.8 Å². The van der Waals surface area contributed by atoms with E-state index >= 15 is 0 Å². The van der Waals surface area contributed by atoms with Crippen LogP contribution < -0.4 is 0 Å². The molecular weight excluding hydrogens is 148 g/mol. The first-order valence-corrected chi connectivity index (χ1v) is 4.19. The predicted octanol–water partition coefficient (Wildman–Crippen LogP) is 1.97. The van der Waals surface area contributed by atoms with E-state index in [1.807, 2.05) is 0 Å². The summed E-state index contributed by atoms with van der Waals surface area (Å²) in [6.07, 6.45) is 1.16. The number of carboxylic acids is 1. The van der Waals surface area contributed by atoms with Crippen molar-refractivity contribution >= 4 is 17.7 Å². The van der Waals surface area contributed by atoms with Crippen molar-refractivity contribution in [3.05, 3.63) is 11.5 Å². The predicted molar refractivity (Wildman–Crippen MR) is 44.1 cm³/mol. The third-order valence-corrected chi connectivity index (χ3v) is 1.92. The van der Waals surface area contributed by atoms with E-state index in [1.54, 1.807) is 5.41 Å². The molecule has 0 spiro atoms. The molecule has 0 atom stereocenters. The Morgan fingerprint density at radius 3 is 2.70 bits per heavy atom. The highest BCUT2D eigenvalue weighted by Gasteiger charge is 1.90. The third-order valence-electron chi connectivity index (χ3n) is 0.736. The highest BCUT2D eigenvalue weighted by Crippen LogP contribution is 2.07. The Morgan fingerprint density at radius 2 is 2.30 bits per heavy atom. The number of hydrogen-bond donors (Lipinski definition) is 1. The van der Waals surface area contributed by atoms with Gasteiger partial charge in [-0.25, -0.2) is 4.79 Å². The largest absolute Gasteiger partial charge is 0.478 e. The highest BCUT2D eigenvalue weighted by atomic mass is 32.2. The van der Waals surface area contributed by atoms with Gasteiger partial charge < -0.3 is 5.11 Å². The summed E-state index contributed by atoms with van der Waals surface area (Å²) in [4.78, 5) is 9.94. The van der Waals surface area contributed by atoms with E-state index in [2.05, 4.69) is 13.8 Å². The van der Waals surface area contributed by atoms with Crippen molar-refractivity contribution < 1.29 is 9.90 Å². The Bertz CT molecular complexity index is 130. The van der Waals surface area contributed by atoms with Gasteiger partial charge in [-0.2, -0.15) is 0 Å². The van der Waals surface area contributed by atoms with Gasteiger partial charge >= 0.3 is 5.97 Å². The smallest absolute Gasteiger partial charge is 0.328 e. The molecule has 0 radical (unpaired) electrons. The molecule has 0 aromatic carbocycles. The van der Waals surface area contributed by atoms with Gasteiger partial charge in [0.15, 0.2) is 0 Å². The van der Waals surface area contributed by atoms with Crippen molar-refractivity contribution in [2.75, 3.05) is 5.75 Å². The highest BCUT2D eigenvalue weighted by molar-refractivity contribution is 8.02. The van der Waals surface area contributed by atoms with Gasteiger partial charge in [-0.15, -0.1) is 11.8 Å². The fourth-order valence-electron chi connectivity index (χ4n) is 0.354. The Hall–Kier alpha value is -0.440. The standard InChI is InChI=1S/C7H12O2S/c1-6(2)5-10-4-3-7(8)9/h3-4,6H,5H2,1-2H3,(H,8,9). The lowest BCUT2D eigenvalue weighted by Gasteiger charge is -1.97. The molecule has 0 aliphatic carbocycles. The minimum absolute atomic E-state index is 0.614. The first-order valence-electron chi connectivity index (χ1n) is 3.14. The van der Waals surface area contributed by atoms with Crippen molar-refractivity contribution in [1.29, 1.82) is 0 Å². The number of aliphatic carboxylic acids is 1. The van der Waals surface area contributed by atoms with E-state index in [0.717, 1.165) is 11.8 Å². The molecule has 0 aromatic heterocycles. The van der Waals surface area contributed by atoms with Crippen molar-refractivity contribution in [2.45, 2.75) is 13.8 Å². The lowest BCUT2D eigenvalue weighted by molar-refractivity contribution is -0.131. The van der Waals surface area contributed by atoms with Gasteiger partial charge in [-0.3, -0.25) is 0 Å². The second kappa shape index (κ2) is 5.35. The maximum absolute atomic E-state index is 9.94. The van der Waals surface area contributed by atoms with Crippen LogP contribution in [-0.4, -0.2) is 16.8 Å². The van der Waals surface area contributed by atoms with Gasteiger partial charge in [-0.05, 0) is 17.1 Å². The minimum Gasteiger partial charge on any atom is -0.478 e. The average molecular weight is 160 g/mol. The van der Waals surface area contributed by atoms with Crippen LogP contribution in [0, 0.1) is 5.92 Å². The van der Waals surface area contributed by atoms with E-state index in [9.17, 15) is 4.79 Å². The molecule has 58 valence electrons. The molecule has 0 fully saturated rings. The lowest BCUT2D eigenvalue weighted by atomic mass is 10.3. The molecule has 2 nitrogen and oxygen atoms in total. The lowest BCUT2D eigenvalue weighted by Crippen LogP contribution is -1.89. The molecule has 0 bridgehead atoms. The monoisotopic (exact) mass is 160 g/mol. The molecule has 0 amide bonds. The number of carbonyl (C=O) groups is 1. The summed E-state index contributed by atoms with van der Waals surface area (Å²) < 4.78 is 0. The molecule has 0 rings (SSSR count). The summed E-state index contributed by atoms with van der Waals surface area (Å²) in [6.45, 7) is 4.20. The molecule has 0 unspecified atom stereocenters. The average Bonchev–Trinajstić information content (AvgIpc) is 1.79. The molecule has 0 saturated carbocycles. The summed E-state index contributed by atoms with van der Waals surface area (Å²) >= 11 is 1.53. The summed E-state index contributed by atoms with van der Waals surface area (Å²) in [5.74, 6) is 0.712. The van der Waals surface area contributed by atoms with E-state index in [0.29, 0.717) is 5.92 Å². The van der Waals surface area contributed by atoms with Crippen LogP contribution in [0.3, 0.4) is 0 Å². The van der Waals surface area contributed by atoms with Gasteiger partial charge in [0.2, 0.25) is 0 Å². The normalized spacial score (nSPS) is 11.1. The zero-order valence-corrected chi connectivity index (χ0v) is 7.02. The number of rotatable bonds is 4. The Labute approximate surface area is 65.3 Å². The first-order chi connectivity index (χ1) is 4.63. The van der Waals surface area contributed by atoms with E-state index in [4.69, 9.17) is 5.11 Å². The first kappa shape index (κ1) is 9.56. The van der Waals surface area contributed by atoms with Crippen LogP contribution in [0.2, 0.25) is 0 Å². The Balaban J connectivity index is 3.27. The molecular formula is C7H12O2S. The topological polar surface area (TPSA) is 37.3 Å². The van der Waals surface area contributed by atoms with E-state index in [-0.39, 0.29) is 0 Å². The molecule has 0 aromatic rings. The fourth-order valence-corrected chi connectivity index (χ4v) is 1.06. The molecule has 3 heteroatoms. The van der Waals surface area contributed by atoms with Crippen molar-refractivity contribution in [3.8, 4) is 0 Å². The van der Waals surface area contributed by atoms with Gasteiger partial charge in [0.25, 0.3) is 0 Å². The van der Waals surface area contributed by atoms with Crippen molar-refractivity contribution in [3.63, 3.8) is 0 Å². The number of thioether (sulfide) groups is 1. The van der Waals surface area contributed by atoms with Crippen molar-refractivity contribution in [1.82, 2.24) is 0 Å². The van der Waals surface area contributed by atoms with Crippen LogP contribution in [0.5, 0.6) is 0 Å². The zero-order valence-electron chi connectivity index (χ0n) is 6.20. The maximum atomic E-state index is 9.94. The van der Waals surface area contributed by atoms with Gasteiger partial charge in [0, 0.05) is 6.08 Å². The molecule has 0 aliphatic rings. The molecule has 0 aliphatic heterocycles. The van der Waals surface area contributed by atoms with Crippen LogP contribution in [0.1, 0.15) is 13.8 Å². The summed E-state index contributed by atoms with van der Waals surface area (Å²) in [5.41, 5.74) is 0. The number of carboxylic acid groups (broad SMARTS) is 1. The quantitative estimate of drug-likeness (QED) is 0.639. The molecule has 1 N–H and O–H groups in total. The minimum atomic E-state index is -0.878. The van der Waals surface area contributed by atoms with E-state index in [1.165, 1.54) is 11.8 Å². The number of hydrogen-bond acceptors (Lipinski definition) is 2. The van der Waals surface area contributed by atoms with Crippen LogP contribution in [0.4, 0.5) is 0 Å². The van der Waals surface area contributed by atoms with Crippen LogP contribution in [-0.2, 0) is 4.79 Å². The van der Waals surface area contributed by atoms with Gasteiger partial charge in [0.1, 0.15) is 0 Å². The summed E-state index contributed by atoms with van der Waals surface area (Å²) in [7, 11) is 0.